The summed E-state index contributed by atoms with van der Waals surface area (Å²) in [6, 6.07) is 7.69. The second kappa shape index (κ2) is 7.02. The van der Waals surface area contributed by atoms with Crippen LogP contribution in [0.5, 0.6) is 5.75 Å². The summed E-state index contributed by atoms with van der Waals surface area (Å²) in [5.41, 5.74) is 2.20. The maximum atomic E-state index is 12.1. The van der Waals surface area contributed by atoms with Crippen molar-refractivity contribution in [3.05, 3.63) is 53.1 Å². The van der Waals surface area contributed by atoms with Gasteiger partial charge in [-0.3, -0.25) is 4.79 Å². The molecular weight excluding hydrogens is 278 g/mol. The van der Waals surface area contributed by atoms with Crippen LogP contribution in [0.25, 0.3) is 0 Å². The van der Waals surface area contributed by atoms with Crippen molar-refractivity contribution >= 4 is 5.91 Å². The lowest BCUT2D eigenvalue weighted by molar-refractivity contribution is 0.0949. The molecule has 1 amide bonds. The van der Waals surface area contributed by atoms with Crippen LogP contribution in [0.2, 0.25) is 0 Å². The molecule has 0 saturated heterocycles. The summed E-state index contributed by atoms with van der Waals surface area (Å²) in [5, 5.41) is 2.88. The van der Waals surface area contributed by atoms with Crippen molar-refractivity contribution in [2.75, 3.05) is 0 Å². The highest BCUT2D eigenvalue weighted by Gasteiger charge is 2.10. The molecule has 116 valence electrons. The SMILES string of the molecule is Cc1ncc(C(=O)NCc2ccc(OC(C)C)cc2)c(C)n1. The Labute approximate surface area is 130 Å². The first-order valence-corrected chi connectivity index (χ1v) is 7.29. The largest absolute Gasteiger partial charge is 0.491 e. The molecule has 2 rings (SSSR count). The number of amides is 1. The van der Waals surface area contributed by atoms with Gasteiger partial charge in [-0.25, -0.2) is 9.97 Å². The Morgan fingerprint density at radius 2 is 1.91 bits per heavy atom. The third-order valence-corrected chi connectivity index (χ3v) is 3.09. The molecule has 0 aliphatic carbocycles. The molecule has 0 aliphatic heterocycles. The number of benzene rings is 1. The Kier molecular flexibility index (Phi) is 5.09. The summed E-state index contributed by atoms with van der Waals surface area (Å²) in [7, 11) is 0. The van der Waals surface area contributed by atoms with E-state index in [4.69, 9.17) is 4.74 Å². The first-order valence-electron chi connectivity index (χ1n) is 7.29. The molecule has 0 unspecified atom stereocenters. The maximum Gasteiger partial charge on any atom is 0.254 e. The minimum atomic E-state index is -0.167. The molecule has 22 heavy (non-hydrogen) atoms. The van der Waals surface area contributed by atoms with Crippen LogP contribution in [-0.4, -0.2) is 22.0 Å². The first-order chi connectivity index (χ1) is 10.5. The van der Waals surface area contributed by atoms with Crippen molar-refractivity contribution in [3.8, 4) is 5.75 Å². The van der Waals surface area contributed by atoms with Crippen LogP contribution in [0, 0.1) is 13.8 Å². The van der Waals surface area contributed by atoms with E-state index in [-0.39, 0.29) is 12.0 Å². The number of aryl methyl sites for hydroxylation is 2. The van der Waals surface area contributed by atoms with Crippen molar-refractivity contribution in [3.63, 3.8) is 0 Å². The molecule has 1 N–H and O–H groups in total. The van der Waals surface area contributed by atoms with Crippen LogP contribution in [0.15, 0.2) is 30.5 Å². The molecule has 5 nitrogen and oxygen atoms in total. The minimum Gasteiger partial charge on any atom is -0.491 e. The first kappa shape index (κ1) is 15.9. The van der Waals surface area contributed by atoms with Gasteiger partial charge in [-0.15, -0.1) is 0 Å². The Morgan fingerprint density at radius 1 is 1.23 bits per heavy atom. The number of rotatable bonds is 5. The predicted molar refractivity (Wildman–Crippen MR) is 84.9 cm³/mol. The van der Waals surface area contributed by atoms with E-state index in [2.05, 4.69) is 15.3 Å². The van der Waals surface area contributed by atoms with Crippen molar-refractivity contribution in [2.24, 2.45) is 0 Å². The van der Waals surface area contributed by atoms with E-state index in [1.165, 1.54) is 0 Å². The van der Waals surface area contributed by atoms with Gasteiger partial charge in [0.1, 0.15) is 11.6 Å². The summed E-state index contributed by atoms with van der Waals surface area (Å²) in [6.45, 7) is 8.03. The Balaban J connectivity index is 1.96. The van der Waals surface area contributed by atoms with Crippen molar-refractivity contribution in [1.82, 2.24) is 15.3 Å². The molecular formula is C17H21N3O2. The Morgan fingerprint density at radius 3 is 2.50 bits per heavy atom. The van der Waals surface area contributed by atoms with Crippen LogP contribution in [-0.2, 0) is 6.54 Å². The van der Waals surface area contributed by atoms with E-state index in [0.29, 0.717) is 23.6 Å². The summed E-state index contributed by atoms with van der Waals surface area (Å²) < 4.78 is 5.59. The number of nitrogens with zero attached hydrogens (tertiary/aromatic N) is 2. The number of hydrogen-bond acceptors (Lipinski definition) is 4. The normalized spacial score (nSPS) is 10.6. The van der Waals surface area contributed by atoms with Crippen LogP contribution in [0.4, 0.5) is 0 Å². The fourth-order valence-electron chi connectivity index (χ4n) is 2.04. The monoisotopic (exact) mass is 299 g/mol. The topological polar surface area (TPSA) is 64.1 Å². The molecule has 2 aromatic rings. The second-order valence-corrected chi connectivity index (χ2v) is 5.41. The molecule has 1 aromatic heterocycles. The lowest BCUT2D eigenvalue weighted by atomic mass is 10.2. The van der Waals surface area contributed by atoms with Gasteiger partial charge in [0.2, 0.25) is 0 Å². The van der Waals surface area contributed by atoms with E-state index in [0.717, 1.165) is 11.3 Å². The molecule has 1 heterocycles. The molecule has 0 saturated carbocycles. The third kappa shape index (κ3) is 4.28. The summed E-state index contributed by atoms with van der Waals surface area (Å²) >= 11 is 0. The van der Waals surface area contributed by atoms with E-state index >= 15 is 0 Å². The van der Waals surface area contributed by atoms with Crippen molar-refractivity contribution in [1.29, 1.82) is 0 Å². The Bertz CT molecular complexity index is 651. The fraction of sp³-hybridized carbons (Fsp3) is 0.353. The molecule has 0 radical (unpaired) electrons. The van der Waals surface area contributed by atoms with Gasteiger partial charge in [0.15, 0.2) is 0 Å². The lowest BCUT2D eigenvalue weighted by Crippen LogP contribution is -2.24. The van der Waals surface area contributed by atoms with Gasteiger partial charge in [0.25, 0.3) is 5.91 Å². The fourth-order valence-corrected chi connectivity index (χ4v) is 2.04. The zero-order chi connectivity index (χ0) is 16.1. The van der Waals surface area contributed by atoms with Crippen LogP contribution in [0.1, 0.15) is 41.3 Å². The third-order valence-electron chi connectivity index (χ3n) is 3.09. The lowest BCUT2D eigenvalue weighted by Gasteiger charge is -2.11. The van der Waals surface area contributed by atoms with Gasteiger partial charge >= 0.3 is 0 Å². The minimum absolute atomic E-state index is 0.148. The molecule has 0 fully saturated rings. The van der Waals surface area contributed by atoms with Crippen LogP contribution >= 0.6 is 0 Å². The van der Waals surface area contributed by atoms with Gasteiger partial charge in [0, 0.05) is 12.7 Å². The van der Waals surface area contributed by atoms with Crippen LogP contribution in [0.3, 0.4) is 0 Å². The molecule has 1 aromatic carbocycles. The quantitative estimate of drug-likeness (QED) is 0.922. The zero-order valence-electron chi connectivity index (χ0n) is 13.4. The highest BCUT2D eigenvalue weighted by atomic mass is 16.5. The molecule has 5 heteroatoms. The maximum absolute atomic E-state index is 12.1. The predicted octanol–water partition coefficient (Wildman–Crippen LogP) is 2.81. The molecule has 0 bridgehead atoms. The number of hydrogen-bond donors (Lipinski definition) is 1. The van der Waals surface area contributed by atoms with E-state index in [1.54, 1.807) is 13.1 Å². The number of carbonyl (C=O) groups is 1. The van der Waals surface area contributed by atoms with Gasteiger partial charge in [0.05, 0.1) is 17.4 Å². The average molecular weight is 299 g/mol. The van der Waals surface area contributed by atoms with E-state index in [9.17, 15) is 4.79 Å². The van der Waals surface area contributed by atoms with E-state index in [1.807, 2.05) is 45.0 Å². The van der Waals surface area contributed by atoms with Gasteiger partial charge in [-0.05, 0) is 45.4 Å². The zero-order valence-corrected chi connectivity index (χ0v) is 13.4. The number of nitrogens with one attached hydrogen (secondary N) is 1. The molecule has 0 aliphatic rings. The standard InChI is InChI=1S/C17H21N3O2/c1-11(2)22-15-7-5-14(6-8-15)9-19-17(21)16-10-18-13(4)20-12(16)3/h5-8,10-11H,9H2,1-4H3,(H,19,21). The number of carbonyl (C=O) groups excluding carboxylic acids is 1. The van der Waals surface area contributed by atoms with Crippen LogP contribution < -0.4 is 10.1 Å². The van der Waals surface area contributed by atoms with Gasteiger partial charge in [-0.1, -0.05) is 12.1 Å². The van der Waals surface area contributed by atoms with Gasteiger partial charge < -0.3 is 10.1 Å². The second-order valence-electron chi connectivity index (χ2n) is 5.41. The van der Waals surface area contributed by atoms with Crippen molar-refractivity contribution in [2.45, 2.75) is 40.3 Å². The van der Waals surface area contributed by atoms with Crippen molar-refractivity contribution < 1.29 is 9.53 Å². The summed E-state index contributed by atoms with van der Waals surface area (Å²) in [4.78, 5) is 20.4. The smallest absolute Gasteiger partial charge is 0.254 e. The summed E-state index contributed by atoms with van der Waals surface area (Å²) in [5.74, 6) is 1.32. The molecule has 0 spiro atoms. The number of aromatic nitrogens is 2. The van der Waals surface area contributed by atoms with E-state index < -0.39 is 0 Å². The molecule has 0 atom stereocenters. The highest BCUT2D eigenvalue weighted by molar-refractivity contribution is 5.94. The summed E-state index contributed by atoms with van der Waals surface area (Å²) in [6.07, 6.45) is 1.71. The highest BCUT2D eigenvalue weighted by Crippen LogP contribution is 2.14. The number of ether oxygens (including phenoxy) is 1. The average Bonchev–Trinajstić information content (AvgIpc) is 2.45. The van der Waals surface area contributed by atoms with Gasteiger partial charge in [-0.2, -0.15) is 0 Å². The Hall–Kier alpha value is -2.43.